The maximum atomic E-state index is 9.56. The standard InChI is InChI=1S/C39H41NO/c1-24-23-40-34(21-27(24)22-38(2,3)4)33-12-8-11-31-32-16-14-26-13-15-29-28(25-17-19-39(5,6)20-18-25)9-7-10-30(29)35(26)37(32)41-36(31)33/h7-16,21,23,25H,17-20,22H2,1-6H3/i1D3,22D2,25D. The summed E-state index contributed by atoms with van der Waals surface area (Å²) in [6, 6.07) is 22.2. The number of aryl methyl sites for hydroxylation is 1. The third-order valence-corrected chi connectivity index (χ3v) is 8.78. The van der Waals surface area contributed by atoms with Crippen LogP contribution in [0.4, 0.5) is 0 Å². The number of benzene rings is 4. The summed E-state index contributed by atoms with van der Waals surface area (Å²) in [6.07, 6.45) is 3.08. The molecule has 6 aromatic rings. The molecule has 2 aromatic heterocycles. The molecule has 41 heavy (non-hydrogen) atoms. The highest BCUT2D eigenvalue weighted by Gasteiger charge is 2.28. The van der Waals surface area contributed by atoms with Crippen molar-refractivity contribution < 1.29 is 12.6 Å². The van der Waals surface area contributed by atoms with Crippen LogP contribution in [0.25, 0.3) is 54.7 Å². The van der Waals surface area contributed by atoms with E-state index in [9.17, 15) is 1.37 Å². The zero-order valence-electron chi connectivity index (χ0n) is 30.6. The molecule has 1 fully saturated rings. The first kappa shape index (κ1) is 20.3. The van der Waals surface area contributed by atoms with Crippen molar-refractivity contribution in [2.45, 2.75) is 79.4 Å². The van der Waals surface area contributed by atoms with Gasteiger partial charge in [0.2, 0.25) is 0 Å². The van der Waals surface area contributed by atoms with Gasteiger partial charge in [0.05, 0.1) is 5.69 Å². The predicted molar refractivity (Wildman–Crippen MR) is 175 cm³/mol. The minimum Gasteiger partial charge on any atom is -0.455 e. The number of rotatable bonds is 3. The molecule has 2 nitrogen and oxygen atoms in total. The van der Waals surface area contributed by atoms with Crippen LogP contribution in [0, 0.1) is 17.7 Å². The van der Waals surface area contributed by atoms with E-state index in [0.717, 1.165) is 69.1 Å². The van der Waals surface area contributed by atoms with E-state index in [-0.39, 0.29) is 16.5 Å². The van der Waals surface area contributed by atoms with Gasteiger partial charge in [-0.3, -0.25) is 4.98 Å². The zero-order valence-corrected chi connectivity index (χ0v) is 24.6. The molecule has 1 aliphatic rings. The van der Waals surface area contributed by atoms with E-state index in [4.69, 9.17) is 11.3 Å². The molecule has 0 unspecified atom stereocenters. The van der Waals surface area contributed by atoms with Crippen LogP contribution in [0.2, 0.25) is 0 Å². The van der Waals surface area contributed by atoms with Crippen LogP contribution in [-0.2, 0) is 6.37 Å². The van der Waals surface area contributed by atoms with Crippen molar-refractivity contribution in [1.29, 1.82) is 0 Å². The van der Waals surface area contributed by atoms with Crippen molar-refractivity contribution in [2.75, 3.05) is 0 Å². The Morgan fingerprint density at radius 3 is 2.39 bits per heavy atom. The van der Waals surface area contributed by atoms with Gasteiger partial charge in [0.1, 0.15) is 11.2 Å². The number of pyridine rings is 1. The molecule has 2 heterocycles. The average molecular weight is 546 g/mol. The third kappa shape index (κ3) is 4.62. The quantitative estimate of drug-likeness (QED) is 0.207. The molecule has 0 amide bonds. The van der Waals surface area contributed by atoms with Crippen LogP contribution < -0.4 is 0 Å². The maximum absolute atomic E-state index is 9.56. The number of hydrogen-bond donors (Lipinski definition) is 0. The Morgan fingerprint density at radius 1 is 0.927 bits per heavy atom. The monoisotopic (exact) mass is 545 g/mol. The highest BCUT2D eigenvalue weighted by Crippen LogP contribution is 2.46. The van der Waals surface area contributed by atoms with Crippen LogP contribution in [-0.4, -0.2) is 4.98 Å². The summed E-state index contributed by atoms with van der Waals surface area (Å²) in [5.74, 6) is -0.639. The number of aromatic nitrogens is 1. The van der Waals surface area contributed by atoms with Gasteiger partial charge in [0.25, 0.3) is 0 Å². The maximum Gasteiger partial charge on any atom is 0.144 e. The normalized spacial score (nSPS) is 19.9. The molecule has 0 atom stereocenters. The summed E-state index contributed by atoms with van der Waals surface area (Å²) < 4.78 is 58.7. The minimum absolute atomic E-state index is 0.0834. The lowest BCUT2D eigenvalue weighted by atomic mass is 9.70. The molecule has 0 bridgehead atoms. The van der Waals surface area contributed by atoms with Crippen molar-refractivity contribution in [3.05, 3.63) is 89.6 Å². The summed E-state index contributed by atoms with van der Waals surface area (Å²) in [5, 5.41) is 6.05. The number of fused-ring (bicyclic) bond motifs is 7. The Labute approximate surface area is 252 Å². The summed E-state index contributed by atoms with van der Waals surface area (Å²) in [4.78, 5) is 4.58. The highest BCUT2D eigenvalue weighted by molar-refractivity contribution is 6.24. The Bertz CT molecular complexity index is 2190. The molecule has 0 spiro atoms. The van der Waals surface area contributed by atoms with Crippen molar-refractivity contribution in [1.82, 2.24) is 4.98 Å². The van der Waals surface area contributed by atoms with E-state index in [1.165, 1.54) is 6.20 Å². The average Bonchev–Trinajstić information content (AvgIpc) is 3.40. The first-order valence-corrected chi connectivity index (χ1v) is 14.7. The molecule has 0 N–H and O–H groups in total. The molecule has 2 heteroatoms. The predicted octanol–water partition coefficient (Wildman–Crippen LogP) is 11.5. The summed E-state index contributed by atoms with van der Waals surface area (Å²) >= 11 is 0. The van der Waals surface area contributed by atoms with Crippen LogP contribution in [0.5, 0.6) is 0 Å². The summed E-state index contributed by atoms with van der Waals surface area (Å²) in [7, 11) is 0. The molecule has 0 radical (unpaired) electrons. The van der Waals surface area contributed by atoms with E-state index in [0.29, 0.717) is 16.8 Å². The minimum atomic E-state index is -2.52. The van der Waals surface area contributed by atoms with Gasteiger partial charge in [-0.1, -0.05) is 83.1 Å². The lowest BCUT2D eigenvalue weighted by molar-refractivity contribution is 0.225. The third-order valence-electron chi connectivity index (χ3n) is 8.78. The van der Waals surface area contributed by atoms with Crippen LogP contribution in [0.1, 0.15) is 91.1 Å². The Hall–Kier alpha value is -3.65. The van der Waals surface area contributed by atoms with Gasteiger partial charge in [-0.05, 0) is 107 Å². The molecule has 0 aliphatic heterocycles. The Kier molecular flexibility index (Phi) is 4.67. The van der Waals surface area contributed by atoms with Gasteiger partial charge in [0, 0.05) is 36.1 Å². The van der Waals surface area contributed by atoms with E-state index in [1.807, 2.05) is 18.2 Å². The van der Waals surface area contributed by atoms with Gasteiger partial charge >= 0.3 is 0 Å². The number of para-hydroxylation sites is 1. The smallest absolute Gasteiger partial charge is 0.144 e. The van der Waals surface area contributed by atoms with Crippen molar-refractivity contribution >= 4 is 43.5 Å². The fraction of sp³-hybridized carbons (Fsp3) is 0.359. The van der Waals surface area contributed by atoms with Gasteiger partial charge in [-0.25, -0.2) is 0 Å². The van der Waals surface area contributed by atoms with Crippen molar-refractivity contribution in [3.63, 3.8) is 0 Å². The molecular weight excluding hydrogens is 498 g/mol. The van der Waals surface area contributed by atoms with E-state index in [1.54, 1.807) is 26.8 Å². The largest absolute Gasteiger partial charge is 0.455 e. The molecule has 0 saturated heterocycles. The second-order valence-corrected chi connectivity index (χ2v) is 13.5. The van der Waals surface area contributed by atoms with Crippen molar-refractivity contribution in [3.8, 4) is 11.3 Å². The first-order chi connectivity index (χ1) is 21.9. The van der Waals surface area contributed by atoms with E-state index < -0.39 is 24.5 Å². The molecule has 4 aromatic carbocycles. The number of nitrogens with zero attached hydrogens (tertiary/aromatic N) is 1. The summed E-state index contributed by atoms with van der Waals surface area (Å²) in [6.45, 7) is 7.40. The fourth-order valence-electron chi connectivity index (χ4n) is 6.55. The second-order valence-electron chi connectivity index (χ2n) is 13.5. The molecule has 7 rings (SSSR count). The topological polar surface area (TPSA) is 26.0 Å². The first-order valence-electron chi connectivity index (χ1n) is 17.7. The van der Waals surface area contributed by atoms with Crippen LogP contribution in [0.15, 0.2) is 77.3 Å². The zero-order chi connectivity index (χ0) is 33.7. The number of furan rings is 1. The molecule has 1 saturated carbocycles. The number of hydrogen-bond acceptors (Lipinski definition) is 2. The lowest BCUT2D eigenvalue weighted by Crippen LogP contribution is -2.20. The SMILES string of the molecule is [2H]C([2H])([2H])c1cnc(-c2cccc3c2oc2c3ccc3ccc4c(C5([2H])CCC(C)(C)CC5)cccc4c32)cc1C([2H])([2H])C(C)(C)C. The van der Waals surface area contributed by atoms with E-state index in [2.05, 4.69) is 61.3 Å². The van der Waals surface area contributed by atoms with Gasteiger partial charge in [-0.2, -0.15) is 0 Å². The van der Waals surface area contributed by atoms with Gasteiger partial charge in [-0.15, -0.1) is 0 Å². The molecule has 1 aliphatic carbocycles. The van der Waals surface area contributed by atoms with Gasteiger partial charge < -0.3 is 4.42 Å². The lowest BCUT2D eigenvalue weighted by Gasteiger charge is -2.35. The summed E-state index contributed by atoms with van der Waals surface area (Å²) in [5.41, 5.74) is 3.00. The Balaban J connectivity index is 1.46. The second kappa shape index (κ2) is 9.44. The van der Waals surface area contributed by atoms with Crippen LogP contribution >= 0.6 is 0 Å². The molecule has 208 valence electrons. The van der Waals surface area contributed by atoms with Crippen molar-refractivity contribution in [2.24, 2.45) is 10.8 Å². The van der Waals surface area contributed by atoms with E-state index >= 15 is 0 Å². The van der Waals surface area contributed by atoms with Gasteiger partial charge in [0.15, 0.2) is 0 Å². The highest BCUT2D eigenvalue weighted by atomic mass is 16.3. The fourth-order valence-corrected chi connectivity index (χ4v) is 6.55. The van der Waals surface area contributed by atoms with Crippen LogP contribution in [0.3, 0.4) is 0 Å². The molecular formula is C39H41NO. The Morgan fingerprint density at radius 2 is 1.63 bits per heavy atom.